The third-order valence-corrected chi connectivity index (χ3v) is 3.15. The van der Waals surface area contributed by atoms with Crippen LogP contribution in [0.1, 0.15) is 18.1 Å². The molecule has 114 valence electrons. The lowest BCUT2D eigenvalue weighted by atomic mass is 10.1. The van der Waals surface area contributed by atoms with Gasteiger partial charge in [-0.3, -0.25) is 4.79 Å². The Morgan fingerprint density at radius 3 is 1.77 bits per heavy atom. The lowest BCUT2D eigenvalue weighted by Gasteiger charge is -2.12. The largest absolute Gasteiger partial charge is 0.332 e. The fraction of sp³-hybridized carbons (Fsp3) is 0.176. The number of benzene rings is 2. The van der Waals surface area contributed by atoms with Gasteiger partial charge in [0.2, 0.25) is 5.91 Å². The highest BCUT2D eigenvalue weighted by atomic mass is 32.1. The number of anilines is 3. The summed E-state index contributed by atoms with van der Waals surface area (Å²) >= 11 is 5.32. The molecule has 4 nitrogen and oxygen atoms in total. The zero-order valence-corrected chi connectivity index (χ0v) is 13.7. The van der Waals surface area contributed by atoms with Gasteiger partial charge in [-0.25, -0.2) is 0 Å². The third kappa shape index (κ3) is 4.86. The third-order valence-electron chi connectivity index (χ3n) is 2.94. The van der Waals surface area contributed by atoms with Crippen molar-refractivity contribution in [2.24, 2.45) is 0 Å². The first-order chi connectivity index (χ1) is 10.4. The van der Waals surface area contributed by atoms with Crippen molar-refractivity contribution < 1.29 is 4.79 Å². The Balaban J connectivity index is 1.98. The lowest BCUT2D eigenvalue weighted by molar-refractivity contribution is -0.114. The van der Waals surface area contributed by atoms with Gasteiger partial charge in [-0.15, -0.1) is 0 Å². The molecular weight excluding hydrogens is 294 g/mol. The van der Waals surface area contributed by atoms with E-state index in [-0.39, 0.29) is 5.91 Å². The molecular formula is C17H19N3OS. The highest BCUT2D eigenvalue weighted by molar-refractivity contribution is 7.80. The molecule has 0 radical (unpaired) electrons. The van der Waals surface area contributed by atoms with Crippen LogP contribution in [0, 0.1) is 13.8 Å². The molecule has 2 rings (SSSR count). The Morgan fingerprint density at radius 2 is 1.27 bits per heavy atom. The molecule has 1 amide bonds. The normalized spacial score (nSPS) is 9.95. The SMILES string of the molecule is CC(=O)Nc1ccc(NC(=S)Nc2cc(C)cc(C)c2)cc1. The van der Waals surface area contributed by atoms with Gasteiger partial charge in [0.05, 0.1) is 0 Å². The van der Waals surface area contributed by atoms with E-state index in [4.69, 9.17) is 12.2 Å². The lowest BCUT2D eigenvalue weighted by Crippen LogP contribution is -2.19. The summed E-state index contributed by atoms with van der Waals surface area (Å²) in [6.07, 6.45) is 0. The van der Waals surface area contributed by atoms with Crippen molar-refractivity contribution in [1.82, 2.24) is 0 Å². The van der Waals surface area contributed by atoms with Crippen LogP contribution in [0.2, 0.25) is 0 Å². The zero-order chi connectivity index (χ0) is 16.1. The Labute approximate surface area is 135 Å². The van der Waals surface area contributed by atoms with Crippen LogP contribution in [0.25, 0.3) is 0 Å². The summed E-state index contributed by atoms with van der Waals surface area (Å²) in [6, 6.07) is 13.6. The molecule has 0 fully saturated rings. The second-order valence-electron chi connectivity index (χ2n) is 5.21. The molecule has 2 aromatic rings. The second kappa shape index (κ2) is 7.04. The highest BCUT2D eigenvalue weighted by Gasteiger charge is 2.01. The molecule has 2 aromatic carbocycles. The second-order valence-corrected chi connectivity index (χ2v) is 5.62. The molecule has 5 heteroatoms. The summed E-state index contributed by atoms with van der Waals surface area (Å²) < 4.78 is 0. The molecule has 0 atom stereocenters. The predicted molar refractivity (Wildman–Crippen MR) is 96.5 cm³/mol. The van der Waals surface area contributed by atoms with Gasteiger partial charge in [0, 0.05) is 24.0 Å². The molecule has 3 N–H and O–H groups in total. The molecule has 0 saturated carbocycles. The first-order valence-corrected chi connectivity index (χ1v) is 7.37. The average molecular weight is 313 g/mol. The summed E-state index contributed by atoms with van der Waals surface area (Å²) in [5, 5.41) is 9.53. The maximum atomic E-state index is 11.0. The maximum Gasteiger partial charge on any atom is 0.221 e. The minimum Gasteiger partial charge on any atom is -0.332 e. The predicted octanol–water partition coefficient (Wildman–Crippen LogP) is 4.07. The maximum absolute atomic E-state index is 11.0. The van der Waals surface area contributed by atoms with E-state index in [1.165, 1.54) is 18.1 Å². The summed E-state index contributed by atoms with van der Waals surface area (Å²) in [5.74, 6) is -0.0901. The highest BCUT2D eigenvalue weighted by Crippen LogP contribution is 2.16. The van der Waals surface area contributed by atoms with Crippen molar-refractivity contribution in [3.05, 3.63) is 53.6 Å². The van der Waals surface area contributed by atoms with Crippen molar-refractivity contribution in [3.63, 3.8) is 0 Å². The van der Waals surface area contributed by atoms with Crippen molar-refractivity contribution in [2.75, 3.05) is 16.0 Å². The topological polar surface area (TPSA) is 53.2 Å². The van der Waals surface area contributed by atoms with E-state index in [1.807, 2.05) is 36.4 Å². The van der Waals surface area contributed by atoms with E-state index in [9.17, 15) is 4.79 Å². The average Bonchev–Trinajstić information content (AvgIpc) is 2.39. The number of hydrogen-bond donors (Lipinski definition) is 3. The Hall–Kier alpha value is -2.40. The van der Waals surface area contributed by atoms with E-state index in [0.717, 1.165) is 17.1 Å². The summed E-state index contributed by atoms with van der Waals surface area (Å²) in [4.78, 5) is 11.0. The van der Waals surface area contributed by atoms with E-state index in [1.54, 1.807) is 0 Å². The van der Waals surface area contributed by atoms with E-state index >= 15 is 0 Å². The molecule has 0 aliphatic heterocycles. The molecule has 0 unspecified atom stereocenters. The zero-order valence-electron chi connectivity index (χ0n) is 12.9. The summed E-state index contributed by atoms with van der Waals surface area (Å²) in [7, 11) is 0. The number of carbonyl (C=O) groups is 1. The monoisotopic (exact) mass is 313 g/mol. The molecule has 0 aromatic heterocycles. The fourth-order valence-electron chi connectivity index (χ4n) is 2.18. The number of thiocarbonyl (C=S) groups is 1. The van der Waals surface area contributed by atoms with Crippen LogP contribution in [0.3, 0.4) is 0 Å². The van der Waals surface area contributed by atoms with Gasteiger partial charge < -0.3 is 16.0 Å². The molecule has 0 bridgehead atoms. The van der Waals surface area contributed by atoms with Crippen LogP contribution in [0.15, 0.2) is 42.5 Å². The first-order valence-electron chi connectivity index (χ1n) is 6.96. The summed E-state index contributed by atoms with van der Waals surface area (Å²) in [5.41, 5.74) is 4.95. The number of amides is 1. The molecule has 0 aliphatic rings. The standard InChI is InChI=1S/C17H19N3OS/c1-11-8-12(2)10-16(9-11)20-17(22)19-15-6-4-14(5-7-15)18-13(3)21/h4-10H,1-3H3,(H,18,21)(H2,19,20,22). The molecule has 0 heterocycles. The smallest absolute Gasteiger partial charge is 0.221 e. The molecule has 22 heavy (non-hydrogen) atoms. The molecule has 0 saturated heterocycles. The minimum absolute atomic E-state index is 0.0901. The van der Waals surface area contributed by atoms with E-state index in [0.29, 0.717) is 5.11 Å². The van der Waals surface area contributed by atoms with E-state index in [2.05, 4.69) is 35.9 Å². The first kappa shape index (κ1) is 16.0. The van der Waals surface area contributed by atoms with Gasteiger partial charge >= 0.3 is 0 Å². The van der Waals surface area contributed by atoms with Crippen LogP contribution in [0.5, 0.6) is 0 Å². The number of carbonyl (C=O) groups excluding carboxylic acids is 1. The quantitative estimate of drug-likeness (QED) is 0.748. The van der Waals surface area contributed by atoms with E-state index < -0.39 is 0 Å². The van der Waals surface area contributed by atoms with Gasteiger partial charge in [-0.2, -0.15) is 0 Å². The van der Waals surface area contributed by atoms with Crippen molar-refractivity contribution in [1.29, 1.82) is 0 Å². The van der Waals surface area contributed by atoms with Gasteiger partial charge in [-0.05, 0) is 73.6 Å². The van der Waals surface area contributed by atoms with Crippen molar-refractivity contribution in [3.8, 4) is 0 Å². The van der Waals surface area contributed by atoms with Crippen molar-refractivity contribution >= 4 is 40.3 Å². The molecule has 0 aliphatic carbocycles. The van der Waals surface area contributed by atoms with Crippen LogP contribution in [0.4, 0.5) is 17.1 Å². The Kier molecular flexibility index (Phi) is 5.12. The van der Waals surface area contributed by atoms with Gasteiger partial charge in [0.25, 0.3) is 0 Å². The summed E-state index contributed by atoms with van der Waals surface area (Å²) in [6.45, 7) is 5.58. The Bertz CT molecular complexity index is 675. The number of aryl methyl sites for hydroxylation is 2. The molecule has 0 spiro atoms. The number of hydrogen-bond acceptors (Lipinski definition) is 2. The number of nitrogens with one attached hydrogen (secondary N) is 3. The number of rotatable bonds is 3. The van der Waals surface area contributed by atoms with Gasteiger partial charge in [-0.1, -0.05) is 6.07 Å². The minimum atomic E-state index is -0.0901. The van der Waals surface area contributed by atoms with Crippen molar-refractivity contribution in [2.45, 2.75) is 20.8 Å². The van der Waals surface area contributed by atoms with Crippen LogP contribution in [-0.2, 0) is 4.79 Å². The fourth-order valence-corrected chi connectivity index (χ4v) is 2.42. The van der Waals surface area contributed by atoms with Gasteiger partial charge in [0.1, 0.15) is 0 Å². The van der Waals surface area contributed by atoms with Crippen LogP contribution in [-0.4, -0.2) is 11.0 Å². The van der Waals surface area contributed by atoms with Gasteiger partial charge in [0.15, 0.2) is 5.11 Å². The Morgan fingerprint density at radius 1 is 0.818 bits per heavy atom. The van der Waals surface area contributed by atoms with Crippen LogP contribution < -0.4 is 16.0 Å². The van der Waals surface area contributed by atoms with Crippen LogP contribution >= 0.6 is 12.2 Å².